The largest absolute Gasteiger partial charge is 0.442 e. The second-order valence-corrected chi connectivity index (χ2v) is 7.25. The molecule has 0 unspecified atom stereocenters. The number of nitrogens with zero attached hydrogens (tertiary/aromatic N) is 3. The predicted molar refractivity (Wildman–Crippen MR) is 93.5 cm³/mol. The molecule has 0 atom stereocenters. The molecule has 2 aromatic heterocycles. The quantitative estimate of drug-likeness (QED) is 0.718. The number of carbonyl (C=O) groups excluding carboxylic acids is 2. The van der Waals surface area contributed by atoms with Crippen molar-refractivity contribution in [2.24, 2.45) is 0 Å². The summed E-state index contributed by atoms with van der Waals surface area (Å²) in [5.41, 5.74) is -0.616. The van der Waals surface area contributed by atoms with Gasteiger partial charge in [-0.1, -0.05) is 11.6 Å². The van der Waals surface area contributed by atoms with Crippen molar-refractivity contribution >= 4 is 45.3 Å². The van der Waals surface area contributed by atoms with Crippen molar-refractivity contribution < 1.29 is 18.7 Å². The molecule has 0 aliphatic heterocycles. The van der Waals surface area contributed by atoms with Gasteiger partial charge in [0.25, 0.3) is 5.91 Å². The van der Waals surface area contributed by atoms with Gasteiger partial charge in [0, 0.05) is 6.07 Å². The van der Waals surface area contributed by atoms with Gasteiger partial charge in [0.2, 0.25) is 0 Å². The molecule has 1 amide bonds. The van der Waals surface area contributed by atoms with Crippen LogP contribution >= 0.6 is 27.5 Å². The van der Waals surface area contributed by atoms with Crippen LogP contribution in [0.25, 0.3) is 0 Å². The fraction of sp³-hybridized carbons (Fsp3) is 0.333. The van der Waals surface area contributed by atoms with Crippen LogP contribution in [0.2, 0.25) is 5.15 Å². The second kappa shape index (κ2) is 7.09. The lowest BCUT2D eigenvalue weighted by Gasteiger charge is -2.19. The van der Waals surface area contributed by atoms with Gasteiger partial charge in [0.15, 0.2) is 5.82 Å². The number of nitrogens with one attached hydrogen (secondary N) is 1. The van der Waals surface area contributed by atoms with Crippen LogP contribution in [0, 0.1) is 12.7 Å². The molecule has 1 N–H and O–H groups in total. The molecule has 0 saturated heterocycles. The van der Waals surface area contributed by atoms with Crippen LogP contribution in [0.5, 0.6) is 0 Å². The summed E-state index contributed by atoms with van der Waals surface area (Å²) >= 11 is 8.82. The van der Waals surface area contributed by atoms with Crippen LogP contribution in [0.1, 0.15) is 36.8 Å². The van der Waals surface area contributed by atoms with Gasteiger partial charge in [-0.15, -0.1) is 4.68 Å². The first-order valence-corrected chi connectivity index (χ1v) is 8.27. The maximum Gasteiger partial charge on any atom is 0.437 e. The summed E-state index contributed by atoms with van der Waals surface area (Å²) in [5, 5.41) is 6.35. The molecule has 0 radical (unpaired) electrons. The molecular formula is C15H15BrClFN4O3. The topological polar surface area (TPSA) is 86.1 Å². The molecule has 0 saturated carbocycles. The molecule has 0 fully saturated rings. The van der Waals surface area contributed by atoms with E-state index in [2.05, 4.69) is 31.3 Å². The summed E-state index contributed by atoms with van der Waals surface area (Å²) in [4.78, 5) is 28.2. The Balaban J connectivity index is 2.34. The Morgan fingerprint density at radius 1 is 1.40 bits per heavy atom. The van der Waals surface area contributed by atoms with Gasteiger partial charge in [0.05, 0.1) is 21.9 Å². The third-order valence-corrected chi connectivity index (χ3v) is 4.08. The van der Waals surface area contributed by atoms with E-state index in [1.807, 2.05) is 0 Å². The summed E-state index contributed by atoms with van der Waals surface area (Å²) in [6.45, 7) is 6.73. The maximum atomic E-state index is 13.9. The van der Waals surface area contributed by atoms with E-state index in [1.54, 1.807) is 27.7 Å². The van der Waals surface area contributed by atoms with E-state index in [1.165, 1.54) is 6.07 Å². The van der Waals surface area contributed by atoms with Crippen LogP contribution in [0.3, 0.4) is 0 Å². The van der Waals surface area contributed by atoms with Crippen molar-refractivity contribution in [3.63, 3.8) is 0 Å². The molecule has 25 heavy (non-hydrogen) atoms. The Bertz CT molecular complexity index is 848. The van der Waals surface area contributed by atoms with Crippen LogP contribution in [-0.2, 0) is 4.74 Å². The summed E-state index contributed by atoms with van der Waals surface area (Å²) in [6, 6.07) is 1.45. The van der Waals surface area contributed by atoms with E-state index in [0.717, 1.165) is 10.9 Å². The first-order valence-electron chi connectivity index (χ1n) is 7.10. The number of ether oxygens (including phenoxy) is 1. The average molecular weight is 434 g/mol. The average Bonchev–Trinajstić information content (AvgIpc) is 2.82. The minimum atomic E-state index is -0.867. The molecule has 2 heterocycles. The third-order valence-electron chi connectivity index (χ3n) is 2.80. The van der Waals surface area contributed by atoms with Gasteiger partial charge in [-0.2, -0.15) is 5.10 Å². The highest BCUT2D eigenvalue weighted by atomic mass is 79.9. The lowest BCUT2D eigenvalue weighted by atomic mass is 10.2. The normalized spacial score (nSPS) is 11.3. The lowest BCUT2D eigenvalue weighted by molar-refractivity contribution is 0.0518. The predicted octanol–water partition coefficient (Wildman–Crippen LogP) is 4.18. The SMILES string of the molecule is Cc1cc(NC(=O)c2c(F)cnc(Cl)c2Br)n(C(=O)OC(C)(C)C)n1. The van der Waals surface area contributed by atoms with Crippen molar-refractivity contribution in [3.05, 3.63) is 39.0 Å². The highest BCUT2D eigenvalue weighted by molar-refractivity contribution is 9.10. The van der Waals surface area contributed by atoms with Crippen molar-refractivity contribution in [2.75, 3.05) is 5.32 Å². The third kappa shape index (κ3) is 4.55. The smallest absolute Gasteiger partial charge is 0.437 e. The number of anilines is 1. The molecular weight excluding hydrogens is 419 g/mol. The van der Waals surface area contributed by atoms with E-state index in [-0.39, 0.29) is 21.0 Å². The Kier molecular flexibility index (Phi) is 5.48. The lowest BCUT2D eigenvalue weighted by Crippen LogP contribution is -2.29. The Labute approximate surface area is 156 Å². The zero-order chi connectivity index (χ0) is 18.9. The Hall–Kier alpha value is -2.00. The number of amides is 1. The van der Waals surface area contributed by atoms with Gasteiger partial charge in [-0.3, -0.25) is 4.79 Å². The van der Waals surface area contributed by atoms with Gasteiger partial charge < -0.3 is 10.1 Å². The number of carbonyl (C=O) groups is 2. The molecule has 134 valence electrons. The van der Waals surface area contributed by atoms with Crippen molar-refractivity contribution in [2.45, 2.75) is 33.3 Å². The summed E-state index contributed by atoms with van der Waals surface area (Å²) in [6.07, 6.45) is 0.0570. The number of pyridine rings is 1. The number of aromatic nitrogens is 3. The first kappa shape index (κ1) is 19.3. The van der Waals surface area contributed by atoms with Gasteiger partial charge in [0.1, 0.15) is 16.6 Å². The molecule has 7 nitrogen and oxygen atoms in total. The fourth-order valence-corrected chi connectivity index (χ4v) is 2.48. The minimum absolute atomic E-state index is 0.00622. The van der Waals surface area contributed by atoms with Crippen molar-refractivity contribution in [1.29, 1.82) is 0 Å². The molecule has 10 heteroatoms. The maximum absolute atomic E-state index is 13.9. The van der Waals surface area contributed by atoms with Gasteiger partial charge in [-0.25, -0.2) is 14.2 Å². The first-order chi connectivity index (χ1) is 11.5. The molecule has 0 spiro atoms. The molecule has 0 aliphatic carbocycles. The van der Waals surface area contributed by atoms with Crippen LogP contribution in [-0.4, -0.2) is 32.4 Å². The highest BCUT2D eigenvalue weighted by Gasteiger charge is 2.24. The van der Waals surface area contributed by atoms with E-state index in [0.29, 0.717) is 5.69 Å². The number of hydrogen-bond acceptors (Lipinski definition) is 5. The van der Waals surface area contributed by atoms with E-state index in [9.17, 15) is 14.0 Å². The van der Waals surface area contributed by atoms with Crippen LogP contribution in [0.15, 0.2) is 16.7 Å². The summed E-state index contributed by atoms with van der Waals surface area (Å²) < 4.78 is 20.1. The zero-order valence-corrected chi connectivity index (χ0v) is 16.2. The molecule has 0 aromatic carbocycles. The van der Waals surface area contributed by atoms with E-state index < -0.39 is 23.4 Å². The number of halogens is 3. The number of rotatable bonds is 2. The molecule has 0 bridgehead atoms. The van der Waals surface area contributed by atoms with Gasteiger partial charge in [-0.05, 0) is 43.6 Å². The fourth-order valence-electron chi connectivity index (χ4n) is 1.86. The molecule has 2 rings (SSSR count). The van der Waals surface area contributed by atoms with Crippen molar-refractivity contribution in [3.8, 4) is 0 Å². The summed E-state index contributed by atoms with van der Waals surface area (Å²) in [5.74, 6) is -1.65. The number of aryl methyl sites for hydroxylation is 1. The second-order valence-electron chi connectivity index (χ2n) is 6.10. The summed E-state index contributed by atoms with van der Waals surface area (Å²) in [7, 11) is 0. The Morgan fingerprint density at radius 3 is 2.64 bits per heavy atom. The van der Waals surface area contributed by atoms with Gasteiger partial charge >= 0.3 is 6.09 Å². The van der Waals surface area contributed by atoms with E-state index in [4.69, 9.17) is 16.3 Å². The molecule has 0 aliphatic rings. The van der Waals surface area contributed by atoms with Crippen molar-refractivity contribution in [1.82, 2.24) is 14.8 Å². The minimum Gasteiger partial charge on any atom is -0.442 e. The van der Waals surface area contributed by atoms with E-state index >= 15 is 0 Å². The Morgan fingerprint density at radius 2 is 2.04 bits per heavy atom. The monoisotopic (exact) mass is 432 g/mol. The standard InChI is InChI=1S/C15H15BrClFN4O3/c1-7-5-9(22(21-7)14(24)25-15(2,3)4)20-13(23)10-8(18)6-19-12(17)11(10)16/h5-6H,1-4H3,(H,20,23). The highest BCUT2D eigenvalue weighted by Crippen LogP contribution is 2.27. The molecule has 2 aromatic rings. The van der Waals surface area contributed by atoms with Crippen LogP contribution < -0.4 is 5.32 Å². The number of hydrogen-bond donors (Lipinski definition) is 1. The zero-order valence-electron chi connectivity index (χ0n) is 13.9. The van der Waals surface area contributed by atoms with Crippen LogP contribution in [0.4, 0.5) is 15.0 Å².